The highest BCUT2D eigenvalue weighted by atomic mass is 32.2. The number of nitrogen functional groups attached to an aromatic ring is 1. The largest absolute Gasteiger partial charge is 0.497 e. The molecule has 0 amide bonds. The Kier molecular flexibility index (Phi) is 4.97. The topological polar surface area (TPSA) is 72.6 Å². The number of likely N-dealkylation sites (N-methyl/N-ethyl adjacent to an activating group) is 1. The SMILES string of the molecule is C=C(C)CN(CC)S(=O)(=O)c1ccc(OC)cc1N. The highest BCUT2D eigenvalue weighted by molar-refractivity contribution is 7.89. The zero-order valence-electron chi connectivity index (χ0n) is 11.5. The number of anilines is 1. The molecule has 0 radical (unpaired) electrons. The number of rotatable bonds is 6. The van der Waals surface area contributed by atoms with Gasteiger partial charge >= 0.3 is 0 Å². The summed E-state index contributed by atoms with van der Waals surface area (Å²) in [7, 11) is -2.11. The predicted molar refractivity (Wildman–Crippen MR) is 76.7 cm³/mol. The molecule has 0 bridgehead atoms. The molecule has 0 aliphatic carbocycles. The molecule has 0 spiro atoms. The van der Waals surface area contributed by atoms with E-state index in [9.17, 15) is 8.42 Å². The highest BCUT2D eigenvalue weighted by Crippen LogP contribution is 2.26. The van der Waals surface area contributed by atoms with Crippen LogP contribution in [0.2, 0.25) is 0 Å². The molecule has 1 rings (SSSR count). The molecular formula is C13H20N2O3S. The van der Waals surface area contributed by atoms with Crippen molar-refractivity contribution < 1.29 is 13.2 Å². The quantitative estimate of drug-likeness (QED) is 0.639. The third-order valence-corrected chi connectivity index (χ3v) is 4.63. The van der Waals surface area contributed by atoms with E-state index < -0.39 is 10.0 Å². The summed E-state index contributed by atoms with van der Waals surface area (Å²) < 4.78 is 31.3. The molecule has 1 aromatic rings. The van der Waals surface area contributed by atoms with Crippen LogP contribution >= 0.6 is 0 Å². The van der Waals surface area contributed by atoms with Crippen LogP contribution in [0.3, 0.4) is 0 Å². The zero-order valence-corrected chi connectivity index (χ0v) is 12.3. The number of benzene rings is 1. The van der Waals surface area contributed by atoms with Gasteiger partial charge in [-0.15, -0.1) is 0 Å². The lowest BCUT2D eigenvalue weighted by Gasteiger charge is -2.21. The van der Waals surface area contributed by atoms with Crippen LogP contribution < -0.4 is 10.5 Å². The molecule has 1 aromatic carbocycles. The number of nitrogens with zero attached hydrogens (tertiary/aromatic N) is 1. The molecule has 5 nitrogen and oxygen atoms in total. The molecule has 0 fully saturated rings. The van der Waals surface area contributed by atoms with Gasteiger partial charge in [-0.25, -0.2) is 8.42 Å². The maximum absolute atomic E-state index is 12.5. The van der Waals surface area contributed by atoms with Gasteiger partial charge in [0.05, 0.1) is 12.8 Å². The summed E-state index contributed by atoms with van der Waals surface area (Å²) in [5, 5.41) is 0. The van der Waals surface area contributed by atoms with Gasteiger partial charge in [0.25, 0.3) is 0 Å². The molecule has 0 heterocycles. The standard InChI is InChI=1S/C13H20N2O3S/c1-5-15(9-10(2)3)19(16,17)13-7-6-11(18-4)8-12(13)14/h6-8H,2,5,9,14H2,1,3-4H3. The first-order valence-electron chi connectivity index (χ1n) is 5.91. The van der Waals surface area contributed by atoms with Crippen molar-refractivity contribution in [1.29, 1.82) is 0 Å². The molecule has 0 aliphatic rings. The lowest BCUT2D eigenvalue weighted by molar-refractivity contribution is 0.414. The summed E-state index contributed by atoms with van der Waals surface area (Å²) in [5.41, 5.74) is 6.75. The van der Waals surface area contributed by atoms with Crippen LogP contribution in [0.1, 0.15) is 13.8 Å². The van der Waals surface area contributed by atoms with Crippen molar-refractivity contribution in [3.05, 3.63) is 30.4 Å². The number of methoxy groups -OCH3 is 1. The first-order valence-corrected chi connectivity index (χ1v) is 7.35. The zero-order chi connectivity index (χ0) is 14.6. The Morgan fingerprint density at radius 1 is 1.47 bits per heavy atom. The minimum Gasteiger partial charge on any atom is -0.497 e. The van der Waals surface area contributed by atoms with E-state index in [0.717, 1.165) is 5.57 Å². The summed E-state index contributed by atoms with van der Waals surface area (Å²) in [6.45, 7) is 7.95. The van der Waals surface area contributed by atoms with Crippen LogP contribution in [0.5, 0.6) is 5.75 Å². The van der Waals surface area contributed by atoms with Crippen LogP contribution in [0.15, 0.2) is 35.2 Å². The Morgan fingerprint density at radius 3 is 2.53 bits per heavy atom. The van der Waals surface area contributed by atoms with Gasteiger partial charge in [0, 0.05) is 19.2 Å². The van der Waals surface area contributed by atoms with Crippen molar-refractivity contribution in [3.8, 4) is 5.75 Å². The summed E-state index contributed by atoms with van der Waals surface area (Å²) in [5.74, 6) is 0.527. The first-order chi connectivity index (χ1) is 8.82. The van der Waals surface area contributed by atoms with E-state index in [0.29, 0.717) is 12.3 Å². The van der Waals surface area contributed by atoms with Crippen LogP contribution in [0.25, 0.3) is 0 Å². The van der Waals surface area contributed by atoms with Gasteiger partial charge in [0.2, 0.25) is 10.0 Å². The van der Waals surface area contributed by atoms with Gasteiger partial charge < -0.3 is 10.5 Å². The number of sulfonamides is 1. The summed E-state index contributed by atoms with van der Waals surface area (Å²) in [4.78, 5) is 0.0939. The molecule has 0 unspecified atom stereocenters. The molecule has 2 N–H and O–H groups in total. The molecule has 0 saturated carbocycles. The molecule has 6 heteroatoms. The Balaban J connectivity index is 3.22. The highest BCUT2D eigenvalue weighted by Gasteiger charge is 2.25. The summed E-state index contributed by atoms with van der Waals surface area (Å²) >= 11 is 0. The summed E-state index contributed by atoms with van der Waals surface area (Å²) in [6, 6.07) is 4.55. The average Bonchev–Trinajstić information content (AvgIpc) is 2.34. The lowest BCUT2D eigenvalue weighted by Crippen LogP contribution is -2.32. The van der Waals surface area contributed by atoms with E-state index in [1.165, 1.54) is 23.5 Å². The van der Waals surface area contributed by atoms with Gasteiger partial charge in [-0.05, 0) is 19.1 Å². The molecule has 106 valence electrons. The van der Waals surface area contributed by atoms with Gasteiger partial charge in [-0.3, -0.25) is 0 Å². The average molecular weight is 284 g/mol. The van der Waals surface area contributed by atoms with Crippen LogP contribution in [-0.4, -0.2) is 32.9 Å². The smallest absolute Gasteiger partial charge is 0.245 e. The van der Waals surface area contributed by atoms with E-state index in [1.807, 2.05) is 0 Å². The maximum Gasteiger partial charge on any atom is 0.245 e. The molecule has 0 aromatic heterocycles. The van der Waals surface area contributed by atoms with Crippen molar-refractivity contribution >= 4 is 15.7 Å². The third kappa shape index (κ3) is 3.48. The second-order valence-electron chi connectivity index (χ2n) is 4.29. The minimum absolute atomic E-state index is 0.0939. The lowest BCUT2D eigenvalue weighted by atomic mass is 10.3. The number of hydrogen-bond donors (Lipinski definition) is 1. The van der Waals surface area contributed by atoms with Gasteiger partial charge in [-0.1, -0.05) is 19.1 Å². The molecule has 19 heavy (non-hydrogen) atoms. The third-order valence-electron chi connectivity index (χ3n) is 2.63. The van der Waals surface area contributed by atoms with E-state index in [4.69, 9.17) is 10.5 Å². The molecule has 0 atom stereocenters. The van der Waals surface area contributed by atoms with Gasteiger partial charge in [0.15, 0.2) is 0 Å². The van der Waals surface area contributed by atoms with Crippen molar-refractivity contribution in [2.75, 3.05) is 25.9 Å². The Hall–Kier alpha value is -1.53. The predicted octanol–water partition coefficient (Wildman–Crippen LogP) is 1.86. The van der Waals surface area contributed by atoms with Crippen molar-refractivity contribution in [3.63, 3.8) is 0 Å². The first kappa shape index (κ1) is 15.5. The van der Waals surface area contributed by atoms with Crippen LogP contribution in [0, 0.1) is 0 Å². The van der Waals surface area contributed by atoms with E-state index >= 15 is 0 Å². The number of hydrogen-bond acceptors (Lipinski definition) is 4. The number of ether oxygens (including phenoxy) is 1. The number of nitrogens with two attached hydrogens (primary N) is 1. The fourth-order valence-corrected chi connectivity index (χ4v) is 3.30. The Labute approximate surface area is 114 Å². The minimum atomic E-state index is -3.61. The van der Waals surface area contributed by atoms with E-state index in [1.54, 1.807) is 19.9 Å². The summed E-state index contributed by atoms with van der Waals surface area (Å²) in [6.07, 6.45) is 0. The molecular weight excluding hydrogens is 264 g/mol. The second kappa shape index (κ2) is 6.08. The maximum atomic E-state index is 12.5. The van der Waals surface area contributed by atoms with Crippen molar-refractivity contribution in [2.45, 2.75) is 18.7 Å². The normalized spacial score (nSPS) is 11.6. The molecule has 0 aliphatic heterocycles. The van der Waals surface area contributed by atoms with E-state index in [2.05, 4.69) is 6.58 Å². The van der Waals surface area contributed by atoms with Gasteiger partial charge in [0.1, 0.15) is 10.6 Å². The van der Waals surface area contributed by atoms with Crippen molar-refractivity contribution in [1.82, 2.24) is 4.31 Å². The van der Waals surface area contributed by atoms with E-state index in [-0.39, 0.29) is 17.1 Å². The molecule has 0 saturated heterocycles. The second-order valence-corrected chi connectivity index (χ2v) is 6.20. The fourth-order valence-electron chi connectivity index (χ4n) is 1.70. The van der Waals surface area contributed by atoms with Crippen molar-refractivity contribution in [2.24, 2.45) is 0 Å². The monoisotopic (exact) mass is 284 g/mol. The van der Waals surface area contributed by atoms with Crippen LogP contribution in [-0.2, 0) is 10.0 Å². The Morgan fingerprint density at radius 2 is 2.11 bits per heavy atom. The Bertz CT molecular complexity index is 567. The van der Waals surface area contributed by atoms with Crippen LogP contribution in [0.4, 0.5) is 5.69 Å². The van der Waals surface area contributed by atoms with Gasteiger partial charge in [-0.2, -0.15) is 4.31 Å². The fraction of sp³-hybridized carbons (Fsp3) is 0.385.